The van der Waals surface area contributed by atoms with Crippen LogP contribution >= 0.6 is 0 Å². The smallest absolute Gasteiger partial charge is 0.115 e. The van der Waals surface area contributed by atoms with Crippen molar-refractivity contribution in [3.63, 3.8) is 0 Å². The third kappa shape index (κ3) is 1.57. The first-order valence-corrected chi connectivity index (χ1v) is 5.59. The van der Waals surface area contributed by atoms with Crippen molar-refractivity contribution in [3.05, 3.63) is 0 Å². The molecule has 0 spiro atoms. The lowest BCUT2D eigenvalue weighted by Crippen LogP contribution is -2.37. The second kappa shape index (κ2) is 3.17. The molecule has 2 saturated heterocycles. The average molecular weight is 201 g/mol. The Morgan fingerprint density at radius 1 is 1.57 bits per heavy atom. The molecule has 2 aliphatic rings. The molecule has 2 rings (SSSR count). The summed E-state index contributed by atoms with van der Waals surface area (Å²) < 4.78 is 13.3. The van der Waals surface area contributed by atoms with Crippen LogP contribution in [0.25, 0.3) is 0 Å². The van der Waals surface area contributed by atoms with E-state index in [2.05, 4.69) is 11.8 Å². The third-order valence-corrected chi connectivity index (χ3v) is 3.65. The first kappa shape index (κ1) is 10.4. The number of halogens is 1. The van der Waals surface area contributed by atoms with Gasteiger partial charge in [0.15, 0.2) is 0 Å². The van der Waals surface area contributed by atoms with Crippen molar-refractivity contribution >= 4 is 0 Å². The highest BCUT2D eigenvalue weighted by molar-refractivity contribution is 5.10. The first-order chi connectivity index (χ1) is 6.47. The zero-order valence-corrected chi connectivity index (χ0v) is 9.09. The number of alkyl halides is 1. The predicted octanol–water partition coefficient (Wildman–Crippen LogP) is 1.72. The van der Waals surface area contributed by atoms with E-state index < -0.39 is 11.8 Å². The molecule has 3 atom stereocenters. The van der Waals surface area contributed by atoms with Crippen molar-refractivity contribution in [1.29, 1.82) is 0 Å². The van der Waals surface area contributed by atoms with E-state index in [1.165, 1.54) is 0 Å². The van der Waals surface area contributed by atoms with Gasteiger partial charge in [0.1, 0.15) is 6.17 Å². The molecule has 0 radical (unpaired) electrons. The number of fused-ring (bicyclic) bond motifs is 1. The fraction of sp³-hybridized carbons (Fsp3) is 1.00. The Morgan fingerprint density at radius 2 is 2.29 bits per heavy atom. The van der Waals surface area contributed by atoms with E-state index >= 15 is 0 Å². The van der Waals surface area contributed by atoms with Crippen molar-refractivity contribution in [1.82, 2.24) is 4.90 Å². The highest BCUT2D eigenvalue weighted by Crippen LogP contribution is 2.46. The van der Waals surface area contributed by atoms with E-state index in [0.717, 1.165) is 19.3 Å². The summed E-state index contributed by atoms with van der Waals surface area (Å²) in [7, 11) is 0. The Kier molecular flexibility index (Phi) is 2.35. The number of hydrogen-bond donors (Lipinski definition) is 1. The third-order valence-electron chi connectivity index (χ3n) is 3.65. The lowest BCUT2D eigenvalue weighted by molar-refractivity contribution is 0.0634. The minimum absolute atomic E-state index is 0.0301. The Bertz CT molecular complexity index is 231. The van der Waals surface area contributed by atoms with Gasteiger partial charge in [-0.25, -0.2) is 4.39 Å². The van der Waals surface area contributed by atoms with Gasteiger partial charge in [0.05, 0.1) is 5.60 Å². The van der Waals surface area contributed by atoms with Gasteiger partial charge in [-0.3, -0.25) is 4.90 Å². The summed E-state index contributed by atoms with van der Waals surface area (Å²) in [6.07, 6.45) is 2.77. The molecule has 0 aromatic rings. The topological polar surface area (TPSA) is 23.5 Å². The quantitative estimate of drug-likeness (QED) is 0.735. The van der Waals surface area contributed by atoms with Gasteiger partial charge in [-0.1, -0.05) is 13.3 Å². The molecule has 2 heterocycles. The highest BCUT2D eigenvalue weighted by Gasteiger charge is 2.54. The molecule has 0 aromatic heterocycles. The normalized spacial score (nSPS) is 48.4. The fourth-order valence-electron chi connectivity index (χ4n) is 3.44. The summed E-state index contributed by atoms with van der Waals surface area (Å²) in [6.45, 7) is 5.17. The fourth-order valence-corrected chi connectivity index (χ4v) is 3.44. The standard InChI is InChI=1S/C11H20FNO/c1-3-4-11-5-9(12)6-13(11)8-10(2,14)7-11/h9,14H,3-8H2,1-2H3/t9-,10?,11-/m1/s1. The number of nitrogens with zero attached hydrogens (tertiary/aromatic N) is 1. The van der Waals surface area contributed by atoms with E-state index in [9.17, 15) is 9.50 Å². The largest absolute Gasteiger partial charge is 0.389 e. The van der Waals surface area contributed by atoms with Crippen LogP contribution in [-0.2, 0) is 0 Å². The Morgan fingerprint density at radius 3 is 2.93 bits per heavy atom. The van der Waals surface area contributed by atoms with Crippen molar-refractivity contribution in [2.24, 2.45) is 0 Å². The Hall–Kier alpha value is -0.150. The average Bonchev–Trinajstić information content (AvgIpc) is 2.35. The lowest BCUT2D eigenvalue weighted by atomic mass is 9.85. The van der Waals surface area contributed by atoms with Gasteiger partial charge in [0.25, 0.3) is 0 Å². The monoisotopic (exact) mass is 201 g/mol. The second-order valence-corrected chi connectivity index (χ2v) is 5.33. The van der Waals surface area contributed by atoms with E-state index in [1.54, 1.807) is 0 Å². The van der Waals surface area contributed by atoms with Gasteiger partial charge in [-0.2, -0.15) is 0 Å². The molecular formula is C11H20FNO. The van der Waals surface area contributed by atoms with Crippen LogP contribution < -0.4 is 0 Å². The summed E-state index contributed by atoms with van der Waals surface area (Å²) in [5.74, 6) is 0. The van der Waals surface area contributed by atoms with Crippen LogP contribution in [0.1, 0.15) is 39.5 Å². The predicted molar refractivity (Wildman–Crippen MR) is 54.0 cm³/mol. The summed E-state index contributed by atoms with van der Waals surface area (Å²) in [5.41, 5.74) is -0.632. The zero-order valence-electron chi connectivity index (χ0n) is 9.09. The van der Waals surface area contributed by atoms with E-state index in [1.807, 2.05) is 6.92 Å². The molecule has 2 fully saturated rings. The molecule has 82 valence electrons. The zero-order chi connectivity index (χ0) is 10.4. The molecule has 1 unspecified atom stereocenters. The van der Waals surface area contributed by atoms with Crippen LogP contribution in [0.15, 0.2) is 0 Å². The van der Waals surface area contributed by atoms with Crippen LogP contribution in [0.2, 0.25) is 0 Å². The molecule has 3 heteroatoms. The van der Waals surface area contributed by atoms with E-state index in [-0.39, 0.29) is 5.54 Å². The molecule has 0 amide bonds. The number of hydrogen-bond acceptors (Lipinski definition) is 2. The van der Waals surface area contributed by atoms with Gasteiger partial charge in [0, 0.05) is 18.6 Å². The van der Waals surface area contributed by atoms with Crippen LogP contribution in [0.4, 0.5) is 4.39 Å². The summed E-state index contributed by atoms with van der Waals surface area (Å²) in [6, 6.07) is 0. The van der Waals surface area contributed by atoms with E-state index in [4.69, 9.17) is 0 Å². The van der Waals surface area contributed by atoms with Crippen molar-refractivity contribution in [2.75, 3.05) is 13.1 Å². The van der Waals surface area contributed by atoms with Crippen molar-refractivity contribution in [2.45, 2.75) is 56.8 Å². The van der Waals surface area contributed by atoms with Gasteiger partial charge < -0.3 is 5.11 Å². The maximum absolute atomic E-state index is 13.3. The second-order valence-electron chi connectivity index (χ2n) is 5.33. The lowest BCUT2D eigenvalue weighted by Gasteiger charge is -2.31. The van der Waals surface area contributed by atoms with Gasteiger partial charge in [-0.05, 0) is 26.2 Å². The Balaban J connectivity index is 2.17. The van der Waals surface area contributed by atoms with E-state index in [0.29, 0.717) is 19.5 Å². The minimum atomic E-state index is -0.683. The van der Waals surface area contributed by atoms with Crippen LogP contribution in [0, 0.1) is 0 Å². The molecule has 0 bridgehead atoms. The van der Waals surface area contributed by atoms with Crippen LogP contribution in [-0.4, -0.2) is 40.4 Å². The van der Waals surface area contributed by atoms with Crippen LogP contribution in [0.5, 0.6) is 0 Å². The number of β-amino-alcohol motifs (C(OH)–C–C–N with tert-alkyl or cyclic N) is 1. The molecule has 0 aromatic carbocycles. The van der Waals surface area contributed by atoms with Gasteiger partial charge in [0.2, 0.25) is 0 Å². The van der Waals surface area contributed by atoms with Gasteiger partial charge in [-0.15, -0.1) is 0 Å². The SMILES string of the molecule is CCC[C@]12C[C@@H](F)CN1CC(C)(O)C2. The van der Waals surface area contributed by atoms with Crippen molar-refractivity contribution in [3.8, 4) is 0 Å². The van der Waals surface area contributed by atoms with Gasteiger partial charge >= 0.3 is 0 Å². The highest BCUT2D eigenvalue weighted by atomic mass is 19.1. The molecule has 2 nitrogen and oxygen atoms in total. The first-order valence-electron chi connectivity index (χ1n) is 5.59. The minimum Gasteiger partial charge on any atom is -0.389 e. The number of rotatable bonds is 2. The molecular weight excluding hydrogens is 181 g/mol. The maximum Gasteiger partial charge on any atom is 0.115 e. The summed E-state index contributed by atoms with van der Waals surface area (Å²) in [4.78, 5) is 2.17. The molecule has 0 aliphatic carbocycles. The molecule has 1 N–H and O–H groups in total. The summed E-state index contributed by atoms with van der Waals surface area (Å²) >= 11 is 0. The van der Waals surface area contributed by atoms with Crippen molar-refractivity contribution < 1.29 is 9.50 Å². The molecule has 0 saturated carbocycles. The van der Waals surface area contributed by atoms with Crippen LogP contribution in [0.3, 0.4) is 0 Å². The molecule has 14 heavy (non-hydrogen) atoms. The number of aliphatic hydroxyl groups is 1. The summed E-state index contributed by atoms with van der Waals surface area (Å²) in [5, 5.41) is 10.0. The Labute approximate surface area is 85.1 Å². The molecule has 2 aliphatic heterocycles. The maximum atomic E-state index is 13.3.